The normalized spacial score (nSPS) is 12.8. The standard InChI is InChI=1S/C20H28N2O2/c1-5-16(4)22-14-20(24)19(23)11-18(22)13-21(15(2)3)12-17-9-7-6-8-10-17/h6-11,14-16,24H,5,12-13H2,1-4H3. The Morgan fingerprint density at radius 3 is 2.38 bits per heavy atom. The fourth-order valence-electron chi connectivity index (χ4n) is 2.76. The first-order chi connectivity index (χ1) is 11.4. The Balaban J connectivity index is 2.32. The molecule has 2 rings (SSSR count). The highest BCUT2D eigenvalue weighted by atomic mass is 16.3. The smallest absolute Gasteiger partial charge is 0.223 e. The lowest BCUT2D eigenvalue weighted by Crippen LogP contribution is -2.32. The molecule has 0 saturated heterocycles. The Bertz CT molecular complexity index is 707. The van der Waals surface area contributed by atoms with Crippen LogP contribution in [0.1, 0.15) is 51.4 Å². The van der Waals surface area contributed by atoms with Crippen LogP contribution in [0.15, 0.2) is 47.4 Å². The number of benzene rings is 1. The van der Waals surface area contributed by atoms with Crippen LogP contribution in [0.3, 0.4) is 0 Å². The number of pyridine rings is 1. The van der Waals surface area contributed by atoms with Gasteiger partial charge in [-0.2, -0.15) is 0 Å². The van der Waals surface area contributed by atoms with Gasteiger partial charge < -0.3 is 9.67 Å². The third-order valence-electron chi connectivity index (χ3n) is 4.53. The monoisotopic (exact) mass is 328 g/mol. The Morgan fingerprint density at radius 2 is 1.79 bits per heavy atom. The molecule has 0 bridgehead atoms. The molecule has 0 spiro atoms. The van der Waals surface area contributed by atoms with Crippen molar-refractivity contribution >= 4 is 0 Å². The van der Waals surface area contributed by atoms with Crippen molar-refractivity contribution < 1.29 is 5.11 Å². The minimum atomic E-state index is -0.312. The van der Waals surface area contributed by atoms with Crippen LogP contribution in [0.5, 0.6) is 5.75 Å². The van der Waals surface area contributed by atoms with Crippen LogP contribution in [0.2, 0.25) is 0 Å². The fraction of sp³-hybridized carbons (Fsp3) is 0.450. The van der Waals surface area contributed by atoms with Gasteiger partial charge in [-0.1, -0.05) is 37.3 Å². The lowest BCUT2D eigenvalue weighted by Gasteiger charge is -2.29. The van der Waals surface area contributed by atoms with E-state index in [1.54, 1.807) is 12.3 Å². The molecular weight excluding hydrogens is 300 g/mol. The molecule has 1 N–H and O–H groups in total. The second-order valence-corrected chi connectivity index (χ2v) is 6.66. The van der Waals surface area contributed by atoms with Gasteiger partial charge >= 0.3 is 0 Å². The maximum atomic E-state index is 11.9. The van der Waals surface area contributed by atoms with E-state index in [0.29, 0.717) is 12.6 Å². The van der Waals surface area contributed by atoms with E-state index >= 15 is 0 Å². The number of rotatable bonds is 7. The maximum absolute atomic E-state index is 11.9. The van der Waals surface area contributed by atoms with Crippen LogP contribution in [0.4, 0.5) is 0 Å². The van der Waals surface area contributed by atoms with Gasteiger partial charge in [0.25, 0.3) is 0 Å². The molecule has 1 atom stereocenters. The van der Waals surface area contributed by atoms with E-state index in [4.69, 9.17) is 0 Å². The second kappa shape index (κ2) is 8.15. The van der Waals surface area contributed by atoms with Crippen molar-refractivity contribution in [1.82, 2.24) is 9.47 Å². The molecule has 0 aliphatic heterocycles. The van der Waals surface area contributed by atoms with E-state index < -0.39 is 0 Å². The lowest BCUT2D eigenvalue weighted by molar-refractivity contribution is 0.196. The van der Waals surface area contributed by atoms with E-state index in [-0.39, 0.29) is 17.2 Å². The van der Waals surface area contributed by atoms with Gasteiger partial charge in [0.15, 0.2) is 5.75 Å². The van der Waals surface area contributed by atoms with Gasteiger partial charge in [0.05, 0.1) is 6.20 Å². The summed E-state index contributed by atoms with van der Waals surface area (Å²) in [6, 6.07) is 12.5. The van der Waals surface area contributed by atoms with Crippen LogP contribution in [0.25, 0.3) is 0 Å². The summed E-state index contributed by atoms with van der Waals surface area (Å²) in [6.45, 7) is 10.0. The molecule has 0 radical (unpaired) electrons. The average Bonchev–Trinajstić information content (AvgIpc) is 2.57. The molecule has 24 heavy (non-hydrogen) atoms. The van der Waals surface area contributed by atoms with Crippen LogP contribution in [0, 0.1) is 0 Å². The predicted molar refractivity (Wildman–Crippen MR) is 98.2 cm³/mol. The summed E-state index contributed by atoms with van der Waals surface area (Å²) in [5, 5.41) is 9.80. The predicted octanol–water partition coefficient (Wildman–Crippen LogP) is 3.94. The highest BCUT2D eigenvalue weighted by Crippen LogP contribution is 2.19. The quantitative estimate of drug-likeness (QED) is 0.837. The van der Waals surface area contributed by atoms with Gasteiger partial charge in [-0.05, 0) is 32.8 Å². The third kappa shape index (κ3) is 4.48. The Morgan fingerprint density at radius 1 is 1.12 bits per heavy atom. The van der Waals surface area contributed by atoms with Crippen molar-refractivity contribution in [2.75, 3.05) is 0 Å². The zero-order chi connectivity index (χ0) is 17.7. The van der Waals surface area contributed by atoms with Crippen molar-refractivity contribution in [3.63, 3.8) is 0 Å². The van der Waals surface area contributed by atoms with Crippen molar-refractivity contribution in [3.05, 3.63) is 64.1 Å². The molecule has 0 saturated carbocycles. The molecule has 1 heterocycles. The van der Waals surface area contributed by atoms with Crippen molar-refractivity contribution in [1.29, 1.82) is 0 Å². The van der Waals surface area contributed by atoms with Crippen LogP contribution < -0.4 is 5.43 Å². The summed E-state index contributed by atoms with van der Waals surface area (Å²) in [6.07, 6.45) is 2.52. The highest BCUT2D eigenvalue weighted by Gasteiger charge is 2.16. The summed E-state index contributed by atoms with van der Waals surface area (Å²) in [7, 11) is 0. The molecule has 1 unspecified atom stereocenters. The van der Waals surface area contributed by atoms with Gasteiger partial charge in [0, 0.05) is 36.9 Å². The Hall–Kier alpha value is -2.07. The summed E-state index contributed by atoms with van der Waals surface area (Å²) >= 11 is 0. The summed E-state index contributed by atoms with van der Waals surface area (Å²) in [5.74, 6) is -0.182. The first-order valence-corrected chi connectivity index (χ1v) is 8.64. The molecule has 2 aromatic rings. The zero-order valence-corrected chi connectivity index (χ0v) is 15.1. The maximum Gasteiger partial charge on any atom is 0.223 e. The fourth-order valence-corrected chi connectivity index (χ4v) is 2.76. The zero-order valence-electron chi connectivity index (χ0n) is 15.1. The SMILES string of the molecule is CCC(C)n1cc(O)c(=O)cc1CN(Cc1ccccc1)C(C)C. The van der Waals surface area contributed by atoms with Crippen molar-refractivity contribution in [2.24, 2.45) is 0 Å². The lowest BCUT2D eigenvalue weighted by atomic mass is 10.1. The molecule has 130 valence electrons. The van der Waals surface area contributed by atoms with E-state index in [1.807, 2.05) is 22.8 Å². The molecular formula is C20H28N2O2. The molecule has 4 nitrogen and oxygen atoms in total. The number of nitrogens with zero attached hydrogens (tertiary/aromatic N) is 2. The number of aromatic nitrogens is 1. The molecule has 0 aliphatic rings. The molecule has 1 aromatic carbocycles. The summed E-state index contributed by atoms with van der Waals surface area (Å²) in [5.41, 5.74) is 1.88. The minimum absolute atomic E-state index is 0.182. The van der Waals surface area contributed by atoms with Crippen LogP contribution in [-0.2, 0) is 13.1 Å². The van der Waals surface area contributed by atoms with Crippen molar-refractivity contribution in [2.45, 2.75) is 59.3 Å². The summed E-state index contributed by atoms with van der Waals surface area (Å²) in [4.78, 5) is 14.3. The second-order valence-electron chi connectivity index (χ2n) is 6.66. The van der Waals surface area contributed by atoms with Gasteiger partial charge in [-0.3, -0.25) is 9.69 Å². The van der Waals surface area contributed by atoms with E-state index in [9.17, 15) is 9.90 Å². The first-order valence-electron chi connectivity index (χ1n) is 8.64. The van der Waals surface area contributed by atoms with E-state index in [2.05, 4.69) is 44.7 Å². The topological polar surface area (TPSA) is 45.5 Å². The molecule has 1 aromatic heterocycles. The van der Waals surface area contributed by atoms with Gasteiger partial charge in [-0.15, -0.1) is 0 Å². The summed E-state index contributed by atoms with van der Waals surface area (Å²) < 4.78 is 2.02. The largest absolute Gasteiger partial charge is 0.503 e. The minimum Gasteiger partial charge on any atom is -0.503 e. The molecule has 4 heteroatoms. The van der Waals surface area contributed by atoms with Gasteiger partial charge in [-0.25, -0.2) is 0 Å². The Labute approximate surface area is 144 Å². The average molecular weight is 328 g/mol. The molecule has 0 aliphatic carbocycles. The first kappa shape index (κ1) is 18.3. The number of hydrogen-bond donors (Lipinski definition) is 1. The molecule has 0 amide bonds. The van der Waals surface area contributed by atoms with Crippen LogP contribution >= 0.6 is 0 Å². The number of aromatic hydroxyl groups is 1. The molecule has 0 fully saturated rings. The van der Waals surface area contributed by atoms with Gasteiger partial charge in [0.2, 0.25) is 5.43 Å². The third-order valence-corrected chi connectivity index (χ3v) is 4.53. The van der Waals surface area contributed by atoms with Crippen LogP contribution in [-0.4, -0.2) is 20.6 Å². The Kier molecular flexibility index (Phi) is 6.21. The van der Waals surface area contributed by atoms with Gasteiger partial charge in [0.1, 0.15) is 0 Å². The van der Waals surface area contributed by atoms with Crippen molar-refractivity contribution in [3.8, 4) is 5.75 Å². The van der Waals surface area contributed by atoms with E-state index in [1.165, 1.54) is 5.56 Å². The number of hydrogen-bond acceptors (Lipinski definition) is 3. The highest BCUT2D eigenvalue weighted by molar-refractivity contribution is 5.21. The van der Waals surface area contributed by atoms with E-state index in [0.717, 1.165) is 18.7 Å².